The van der Waals surface area contributed by atoms with Gasteiger partial charge in [-0.15, -0.1) is 0 Å². The Bertz CT molecular complexity index is 1250. The smallest absolute Gasteiger partial charge is 0.182 e. The number of aliphatic hydroxyl groups is 1. The number of fused-ring (bicyclic) bond motifs is 3. The molecule has 31 heavy (non-hydrogen) atoms. The monoisotopic (exact) mass is 413 g/mol. The van der Waals surface area contributed by atoms with Gasteiger partial charge in [-0.2, -0.15) is 0 Å². The van der Waals surface area contributed by atoms with E-state index < -0.39 is 11.9 Å². The summed E-state index contributed by atoms with van der Waals surface area (Å²) in [6, 6.07) is 23.0. The summed E-state index contributed by atoms with van der Waals surface area (Å²) in [5.74, 6) is 0. The minimum Gasteiger partial charge on any atom is -0.361 e. The van der Waals surface area contributed by atoms with Gasteiger partial charge in [0.25, 0.3) is 0 Å². The number of para-hydroxylation sites is 1. The lowest BCUT2D eigenvalue weighted by atomic mass is 9.92. The van der Waals surface area contributed by atoms with Crippen LogP contribution in [-0.4, -0.2) is 16.0 Å². The molecule has 0 saturated heterocycles. The molecule has 0 aliphatic heterocycles. The highest BCUT2D eigenvalue weighted by atomic mass is 16.3. The fourth-order valence-corrected chi connectivity index (χ4v) is 4.28. The molecule has 4 nitrogen and oxygen atoms in total. The third-order valence-corrected chi connectivity index (χ3v) is 5.97. The van der Waals surface area contributed by atoms with Crippen LogP contribution in [0.1, 0.15) is 38.8 Å². The van der Waals surface area contributed by atoms with E-state index in [4.69, 9.17) is 0 Å². The first-order valence-electron chi connectivity index (χ1n) is 10.8. The fraction of sp³-hybridized carbons (Fsp3) is 0.259. The second kappa shape index (κ2) is 8.22. The summed E-state index contributed by atoms with van der Waals surface area (Å²) >= 11 is 0. The van der Waals surface area contributed by atoms with E-state index in [1.807, 2.05) is 19.1 Å². The minimum absolute atomic E-state index is 0.430. The molecule has 0 fully saturated rings. The number of anilines is 1. The number of nitrogens with one attached hydrogen (secondary N) is 2. The molecule has 0 aliphatic rings. The average molecular weight is 414 g/mol. The number of aromatic nitrogens is 1. The molecule has 0 radical (unpaired) electrons. The third kappa shape index (κ3) is 4.09. The van der Waals surface area contributed by atoms with Gasteiger partial charge in [-0.25, -0.2) is 0 Å². The topological polar surface area (TPSA) is 49.2 Å². The first-order valence-corrected chi connectivity index (χ1v) is 10.8. The molecule has 160 valence electrons. The number of aryl methyl sites for hydroxylation is 1. The molecule has 0 saturated carbocycles. The highest BCUT2D eigenvalue weighted by molar-refractivity contribution is 6.09. The lowest BCUT2D eigenvalue weighted by molar-refractivity contribution is 0.125. The van der Waals surface area contributed by atoms with E-state index in [0.717, 1.165) is 28.9 Å². The van der Waals surface area contributed by atoms with Crippen LogP contribution in [0.5, 0.6) is 0 Å². The number of hydrogen-bond donors (Lipinski definition) is 3. The maximum Gasteiger partial charge on any atom is 0.182 e. The van der Waals surface area contributed by atoms with Crippen LogP contribution in [0.15, 0.2) is 73.3 Å². The normalized spacial score (nSPS) is 12.9. The largest absolute Gasteiger partial charge is 0.361 e. The van der Waals surface area contributed by atoms with Crippen molar-refractivity contribution in [1.82, 2.24) is 9.88 Å². The summed E-state index contributed by atoms with van der Waals surface area (Å²) in [5, 5.41) is 19.7. The number of benzene rings is 3. The number of allylic oxidation sites excluding steroid dienone is 1. The number of nitrogens with zero attached hydrogens (tertiary/aromatic N) is 1. The van der Waals surface area contributed by atoms with Crippen LogP contribution in [-0.2, 0) is 12.1 Å². The quantitative estimate of drug-likeness (QED) is 0.323. The highest BCUT2D eigenvalue weighted by Crippen LogP contribution is 2.31. The molecule has 1 aromatic heterocycles. The van der Waals surface area contributed by atoms with E-state index in [0.29, 0.717) is 0 Å². The van der Waals surface area contributed by atoms with Crippen molar-refractivity contribution < 1.29 is 5.11 Å². The van der Waals surface area contributed by atoms with Crippen molar-refractivity contribution in [3.8, 4) is 0 Å². The Morgan fingerprint density at radius 2 is 1.74 bits per heavy atom. The lowest BCUT2D eigenvalue weighted by Crippen LogP contribution is -2.47. The van der Waals surface area contributed by atoms with E-state index >= 15 is 0 Å². The van der Waals surface area contributed by atoms with E-state index in [-0.39, 0.29) is 0 Å². The Morgan fingerprint density at radius 3 is 2.48 bits per heavy atom. The van der Waals surface area contributed by atoms with Gasteiger partial charge >= 0.3 is 0 Å². The molecule has 3 N–H and O–H groups in total. The highest BCUT2D eigenvalue weighted by Gasteiger charge is 2.23. The van der Waals surface area contributed by atoms with Crippen molar-refractivity contribution in [2.24, 2.45) is 0 Å². The van der Waals surface area contributed by atoms with Gasteiger partial charge in [0.05, 0.1) is 0 Å². The molecule has 1 heterocycles. The molecule has 4 aromatic rings. The molecule has 4 rings (SSSR count). The van der Waals surface area contributed by atoms with Crippen LogP contribution >= 0.6 is 0 Å². The van der Waals surface area contributed by atoms with Crippen molar-refractivity contribution in [1.29, 1.82) is 0 Å². The van der Waals surface area contributed by atoms with Crippen molar-refractivity contribution in [2.75, 3.05) is 5.32 Å². The average Bonchev–Trinajstić information content (AvgIpc) is 3.06. The molecular formula is C27H31N3O. The predicted octanol–water partition coefficient (Wildman–Crippen LogP) is 6.06. The number of rotatable bonds is 7. The van der Waals surface area contributed by atoms with Gasteiger partial charge in [0.15, 0.2) is 6.35 Å². The van der Waals surface area contributed by atoms with Gasteiger partial charge in [0.2, 0.25) is 0 Å². The summed E-state index contributed by atoms with van der Waals surface area (Å²) in [6.07, 6.45) is -0.902. The summed E-state index contributed by atoms with van der Waals surface area (Å²) in [7, 11) is 0. The molecule has 0 aliphatic carbocycles. The second-order valence-electron chi connectivity index (χ2n) is 8.67. The van der Waals surface area contributed by atoms with Gasteiger partial charge in [-0.05, 0) is 69.2 Å². The Hall–Kier alpha value is -3.08. The van der Waals surface area contributed by atoms with Crippen LogP contribution in [0.2, 0.25) is 0 Å². The summed E-state index contributed by atoms with van der Waals surface area (Å²) in [4.78, 5) is 0. The predicted molar refractivity (Wildman–Crippen MR) is 132 cm³/mol. The molecule has 0 spiro atoms. The van der Waals surface area contributed by atoms with E-state index in [1.165, 1.54) is 21.8 Å². The van der Waals surface area contributed by atoms with Crippen molar-refractivity contribution >= 4 is 33.1 Å². The summed E-state index contributed by atoms with van der Waals surface area (Å²) in [5.41, 5.74) is 6.10. The van der Waals surface area contributed by atoms with Crippen LogP contribution in [0.3, 0.4) is 0 Å². The van der Waals surface area contributed by atoms with Crippen LogP contribution in [0.4, 0.5) is 5.69 Å². The SMILES string of the molecule is C=C(C)c1cccc(C(C)(C)NC(O)Nc2ccc3c(c2)c2ccccc2n3CC)c1. The Balaban J connectivity index is 1.58. The van der Waals surface area contributed by atoms with Gasteiger partial charge < -0.3 is 15.0 Å². The summed E-state index contributed by atoms with van der Waals surface area (Å²) < 4.78 is 2.32. The van der Waals surface area contributed by atoms with E-state index in [1.54, 1.807) is 0 Å². The zero-order chi connectivity index (χ0) is 22.2. The van der Waals surface area contributed by atoms with Gasteiger partial charge in [-0.1, -0.05) is 48.6 Å². The fourth-order valence-electron chi connectivity index (χ4n) is 4.28. The first kappa shape index (κ1) is 21.2. The minimum atomic E-state index is -0.902. The Labute approximate surface area is 184 Å². The van der Waals surface area contributed by atoms with Gasteiger partial charge in [0, 0.05) is 39.6 Å². The Morgan fingerprint density at radius 1 is 1.00 bits per heavy atom. The molecule has 1 atom stereocenters. The van der Waals surface area contributed by atoms with Crippen molar-refractivity contribution in [2.45, 2.75) is 46.1 Å². The molecule has 0 amide bonds. The number of aliphatic hydroxyl groups excluding tert-OH is 1. The van der Waals surface area contributed by atoms with E-state index in [2.05, 4.69) is 97.1 Å². The zero-order valence-corrected chi connectivity index (χ0v) is 18.7. The van der Waals surface area contributed by atoms with E-state index in [9.17, 15) is 5.11 Å². The molecule has 3 aromatic carbocycles. The van der Waals surface area contributed by atoms with Gasteiger partial charge in [-0.3, -0.25) is 5.32 Å². The number of hydrogen-bond acceptors (Lipinski definition) is 3. The Kier molecular flexibility index (Phi) is 5.61. The molecule has 1 unspecified atom stereocenters. The van der Waals surface area contributed by atoms with Crippen molar-refractivity contribution in [3.05, 3.63) is 84.4 Å². The van der Waals surface area contributed by atoms with Crippen LogP contribution in [0.25, 0.3) is 27.4 Å². The first-order chi connectivity index (χ1) is 14.8. The standard InChI is InChI=1S/C27H31N3O/c1-6-30-24-13-8-7-12-22(24)23-17-21(14-15-25(23)30)28-26(31)29-27(4,5)20-11-9-10-19(16-20)18(2)3/h7-17,26,28-29,31H,2,6H2,1,3-5H3. The third-order valence-electron chi connectivity index (χ3n) is 5.97. The van der Waals surface area contributed by atoms with Crippen molar-refractivity contribution in [3.63, 3.8) is 0 Å². The molecule has 4 heteroatoms. The lowest BCUT2D eigenvalue weighted by Gasteiger charge is -2.31. The maximum absolute atomic E-state index is 10.8. The molecule has 0 bridgehead atoms. The maximum atomic E-state index is 10.8. The van der Waals surface area contributed by atoms with Gasteiger partial charge in [0.1, 0.15) is 0 Å². The van der Waals surface area contributed by atoms with Crippen LogP contribution < -0.4 is 10.6 Å². The zero-order valence-electron chi connectivity index (χ0n) is 18.7. The second-order valence-corrected chi connectivity index (χ2v) is 8.67. The molecular weight excluding hydrogens is 382 g/mol. The van der Waals surface area contributed by atoms with Crippen LogP contribution in [0, 0.1) is 0 Å². The summed E-state index contributed by atoms with van der Waals surface area (Å²) in [6.45, 7) is 13.2.